The Morgan fingerprint density at radius 1 is 0.556 bits per heavy atom. The van der Waals surface area contributed by atoms with Crippen LogP contribution in [0.5, 0.6) is 0 Å². The van der Waals surface area contributed by atoms with E-state index in [1.54, 1.807) is 40.1 Å². The van der Waals surface area contributed by atoms with Gasteiger partial charge in [-0.1, -0.05) is 121 Å². The number of hydrogen-bond donors (Lipinski definition) is 0. The first-order chi connectivity index (χ1) is 26.6. The van der Waals surface area contributed by atoms with E-state index in [9.17, 15) is 0 Å². The number of thiophene rings is 2. The molecule has 7 heteroatoms. The van der Waals surface area contributed by atoms with Gasteiger partial charge in [0.05, 0.1) is 10.2 Å². The van der Waals surface area contributed by atoms with Crippen molar-refractivity contribution in [3.05, 3.63) is 162 Å². The summed E-state index contributed by atoms with van der Waals surface area (Å²) in [5.74, 6) is 4.55. The number of allylic oxidation sites excluding steroid dienone is 1. The number of nitrogens with zero attached hydrogens (tertiary/aromatic N) is 4. The van der Waals surface area contributed by atoms with Gasteiger partial charge in [0.15, 0.2) is 17.5 Å². The molecule has 10 aromatic rings. The van der Waals surface area contributed by atoms with Gasteiger partial charge >= 0.3 is 0 Å². The van der Waals surface area contributed by atoms with Crippen LogP contribution in [0.3, 0.4) is 0 Å². The minimum Gasteiger partial charge on any atom is -0.236 e. The monoisotopic (exact) mass is 744 g/mol. The van der Waals surface area contributed by atoms with Crippen LogP contribution in [0.4, 0.5) is 0 Å². The maximum Gasteiger partial charge on any atom is 0.165 e. The highest BCUT2D eigenvalue weighted by molar-refractivity contribution is 7.26. The highest BCUT2D eigenvalue weighted by Crippen LogP contribution is 2.44. The molecule has 0 radical (unpaired) electrons. The molecule has 4 aromatic heterocycles. The van der Waals surface area contributed by atoms with Gasteiger partial charge in [-0.25, -0.2) is 19.9 Å². The van der Waals surface area contributed by atoms with E-state index < -0.39 is 0 Å². The highest BCUT2D eigenvalue weighted by atomic mass is 32.1. The summed E-state index contributed by atoms with van der Waals surface area (Å²) in [5.41, 5.74) is 8.24. The Hall–Kier alpha value is -6.30. The number of aromatic nitrogens is 4. The lowest BCUT2D eigenvalue weighted by Crippen LogP contribution is -2.04. The van der Waals surface area contributed by atoms with Gasteiger partial charge in [-0.3, -0.25) is 0 Å². The lowest BCUT2D eigenvalue weighted by molar-refractivity contribution is 1.04. The minimum atomic E-state index is 0.550. The molecule has 4 nitrogen and oxygen atoms in total. The van der Waals surface area contributed by atoms with Crippen LogP contribution in [0.2, 0.25) is 0 Å². The maximum absolute atomic E-state index is 6.01. The molecule has 0 saturated carbocycles. The lowest BCUT2D eigenvalue weighted by atomic mass is 9.99. The van der Waals surface area contributed by atoms with Crippen molar-refractivity contribution >= 4 is 80.1 Å². The third-order valence-corrected chi connectivity index (χ3v) is 13.1. The fourth-order valence-corrected chi connectivity index (χ4v) is 10.5. The number of fused-ring (bicyclic) bond motifs is 5. The lowest BCUT2D eigenvalue weighted by Gasteiger charge is -2.12. The Kier molecular flexibility index (Phi) is 7.96. The number of para-hydroxylation sites is 1. The molecule has 4 heterocycles. The van der Waals surface area contributed by atoms with Crippen molar-refractivity contribution in [2.24, 2.45) is 0 Å². The molecular formula is C47H28N4S3. The van der Waals surface area contributed by atoms with Gasteiger partial charge in [0, 0.05) is 63.0 Å². The number of terminal acetylenes is 1. The first-order valence-corrected chi connectivity index (χ1v) is 20.0. The van der Waals surface area contributed by atoms with Crippen molar-refractivity contribution in [1.29, 1.82) is 0 Å². The summed E-state index contributed by atoms with van der Waals surface area (Å²) < 4.78 is 4.78. The Labute approximate surface area is 323 Å². The van der Waals surface area contributed by atoms with Crippen LogP contribution in [-0.2, 0) is 0 Å². The summed E-state index contributed by atoms with van der Waals surface area (Å²) >= 11 is 5.27. The molecule has 0 N–H and O–H groups in total. The molecule has 254 valence electrons. The molecule has 0 aliphatic heterocycles. The molecule has 0 unspecified atom stereocenters. The number of thiazole rings is 1. The van der Waals surface area contributed by atoms with Crippen molar-refractivity contribution in [3.8, 4) is 56.8 Å². The van der Waals surface area contributed by atoms with E-state index in [1.165, 1.54) is 29.7 Å². The normalized spacial score (nSPS) is 11.9. The van der Waals surface area contributed by atoms with Gasteiger partial charge in [0.2, 0.25) is 0 Å². The average Bonchev–Trinajstić information content (AvgIpc) is 3.93. The van der Waals surface area contributed by atoms with Gasteiger partial charge < -0.3 is 0 Å². The Morgan fingerprint density at radius 2 is 1.24 bits per heavy atom. The quantitative estimate of drug-likeness (QED) is 0.159. The van der Waals surface area contributed by atoms with E-state index in [4.69, 9.17) is 26.4 Å². The zero-order valence-corrected chi connectivity index (χ0v) is 31.4. The number of aryl methyl sites for hydroxylation is 1. The van der Waals surface area contributed by atoms with Gasteiger partial charge in [-0.05, 0) is 48.4 Å². The van der Waals surface area contributed by atoms with E-state index >= 15 is 0 Å². The number of hydrogen-bond acceptors (Lipinski definition) is 7. The van der Waals surface area contributed by atoms with E-state index in [1.807, 2.05) is 36.4 Å². The molecule has 0 fully saturated rings. The molecular weight excluding hydrogens is 717 g/mol. The fourth-order valence-electron chi connectivity index (χ4n) is 7.22. The summed E-state index contributed by atoms with van der Waals surface area (Å²) in [6, 6.07) is 48.6. The molecule has 6 aromatic carbocycles. The van der Waals surface area contributed by atoms with Crippen LogP contribution in [0.15, 0.2) is 146 Å². The standard InChI is InChI=1S/C47H28N4S3/c1-3-13-35(41-28(2)52-38-21-9-7-16-33(38)41)45-49-44(30-14-5-4-6-15-30)50-46(51-45)36-19-12-23-40-42(36)34-18-11-17-32(43(34)53-40)29-24-26-31(27-25-29)47-48-37-20-8-10-22-39(37)54-47/h1,4-27H,2H3/b35-13+. The highest BCUT2D eigenvalue weighted by Gasteiger charge is 2.22. The van der Waals surface area contributed by atoms with E-state index in [0.29, 0.717) is 17.5 Å². The van der Waals surface area contributed by atoms with Crippen LogP contribution in [-0.4, -0.2) is 19.9 Å². The Bertz CT molecular complexity index is 3090. The van der Waals surface area contributed by atoms with Crippen molar-refractivity contribution in [3.63, 3.8) is 0 Å². The second-order valence-electron chi connectivity index (χ2n) is 13.0. The first kappa shape index (κ1) is 32.4. The van der Waals surface area contributed by atoms with Crippen molar-refractivity contribution in [1.82, 2.24) is 19.9 Å². The second-order valence-corrected chi connectivity index (χ2v) is 16.3. The summed E-state index contributed by atoms with van der Waals surface area (Å²) in [7, 11) is 0. The molecule has 0 saturated heterocycles. The zero-order chi connectivity index (χ0) is 36.2. The van der Waals surface area contributed by atoms with Crippen LogP contribution >= 0.6 is 34.0 Å². The van der Waals surface area contributed by atoms with Crippen molar-refractivity contribution in [2.75, 3.05) is 0 Å². The first-order valence-electron chi connectivity index (χ1n) is 17.5. The Morgan fingerprint density at radius 3 is 2.07 bits per heavy atom. The fraction of sp³-hybridized carbons (Fsp3) is 0.0213. The summed E-state index contributed by atoms with van der Waals surface area (Å²) in [6.45, 7) is 2.13. The van der Waals surface area contributed by atoms with Crippen LogP contribution in [0.25, 0.3) is 90.5 Å². The summed E-state index contributed by atoms with van der Waals surface area (Å²) in [5, 5.41) is 4.46. The molecule has 0 spiro atoms. The van der Waals surface area contributed by atoms with Gasteiger partial charge in [0.25, 0.3) is 0 Å². The number of benzene rings is 6. The zero-order valence-electron chi connectivity index (χ0n) is 28.9. The summed E-state index contributed by atoms with van der Waals surface area (Å²) in [6.07, 6.45) is 7.80. The van der Waals surface area contributed by atoms with E-state index in [0.717, 1.165) is 59.6 Å². The van der Waals surface area contributed by atoms with Crippen molar-refractivity contribution in [2.45, 2.75) is 6.92 Å². The van der Waals surface area contributed by atoms with Crippen molar-refractivity contribution < 1.29 is 0 Å². The van der Waals surface area contributed by atoms with Crippen LogP contribution < -0.4 is 0 Å². The van der Waals surface area contributed by atoms with Crippen LogP contribution in [0, 0.1) is 19.3 Å². The topological polar surface area (TPSA) is 51.6 Å². The summed E-state index contributed by atoms with van der Waals surface area (Å²) in [4.78, 5) is 21.5. The third kappa shape index (κ3) is 5.51. The second kappa shape index (κ2) is 13.3. The maximum atomic E-state index is 6.01. The van der Waals surface area contributed by atoms with E-state index in [2.05, 4.69) is 116 Å². The van der Waals surface area contributed by atoms with Gasteiger partial charge in [-0.2, -0.15) is 0 Å². The SMILES string of the molecule is C#C/C=C(/c1nc(-c2ccccc2)nc(-c2cccc3sc4c(-c5ccc(-c6nc7ccccc7s6)cc5)cccc4c23)n1)c1c(C)sc2ccccc12. The smallest absolute Gasteiger partial charge is 0.165 e. The predicted octanol–water partition coefficient (Wildman–Crippen LogP) is 13.1. The van der Waals surface area contributed by atoms with Gasteiger partial charge in [0.1, 0.15) is 5.01 Å². The predicted molar refractivity (Wildman–Crippen MR) is 230 cm³/mol. The minimum absolute atomic E-state index is 0.550. The third-order valence-electron chi connectivity index (χ3n) is 9.68. The molecule has 0 atom stereocenters. The van der Waals surface area contributed by atoms with Crippen LogP contribution in [0.1, 0.15) is 16.3 Å². The molecule has 0 amide bonds. The van der Waals surface area contributed by atoms with E-state index in [-0.39, 0.29) is 0 Å². The largest absolute Gasteiger partial charge is 0.236 e. The van der Waals surface area contributed by atoms with Gasteiger partial charge in [-0.15, -0.1) is 40.4 Å². The molecule has 10 rings (SSSR count). The average molecular weight is 745 g/mol. The molecule has 54 heavy (non-hydrogen) atoms. The molecule has 0 aliphatic rings. The number of rotatable bonds is 6. The molecule has 0 bridgehead atoms. The molecule has 0 aliphatic carbocycles. The Balaban J connectivity index is 1.14.